The molecule has 2 aromatic rings. The summed E-state index contributed by atoms with van der Waals surface area (Å²) in [6.45, 7) is 2.03. The van der Waals surface area contributed by atoms with Gasteiger partial charge in [0.2, 0.25) is 0 Å². The molecule has 0 bridgehead atoms. The van der Waals surface area contributed by atoms with Crippen molar-refractivity contribution in [3.63, 3.8) is 0 Å². The van der Waals surface area contributed by atoms with Crippen molar-refractivity contribution in [2.24, 2.45) is 0 Å². The van der Waals surface area contributed by atoms with Crippen molar-refractivity contribution in [1.82, 2.24) is 9.61 Å². The zero-order chi connectivity index (χ0) is 6.97. The molecule has 2 heteroatoms. The maximum Gasteiger partial charge on any atom is 0.0769 e. The Labute approximate surface area is 59.1 Å². The van der Waals surface area contributed by atoms with Crippen LogP contribution in [0.2, 0.25) is 0 Å². The van der Waals surface area contributed by atoms with Crippen molar-refractivity contribution < 1.29 is 0 Å². The lowest BCUT2D eigenvalue weighted by Crippen LogP contribution is -1.82. The molecule has 0 aliphatic heterocycles. The first-order valence-electron chi connectivity index (χ1n) is 3.18. The second-order valence-corrected chi connectivity index (χ2v) is 2.27. The lowest BCUT2D eigenvalue weighted by Gasteiger charge is -1.88. The SMILES string of the molecule is Cc1cnn2ccc[c]c12. The van der Waals surface area contributed by atoms with Crippen LogP contribution in [0.4, 0.5) is 0 Å². The Hall–Kier alpha value is -1.31. The first-order valence-corrected chi connectivity index (χ1v) is 3.18. The highest BCUT2D eigenvalue weighted by Gasteiger charge is 1.94. The molecule has 0 saturated carbocycles. The highest BCUT2D eigenvalue weighted by molar-refractivity contribution is 5.51. The molecule has 0 atom stereocenters. The minimum absolute atomic E-state index is 1.06. The average Bonchev–Trinajstić information content (AvgIpc) is 2.34. The van der Waals surface area contributed by atoms with Crippen molar-refractivity contribution in [3.05, 3.63) is 36.2 Å². The Morgan fingerprint density at radius 1 is 1.60 bits per heavy atom. The molecule has 0 aliphatic rings. The quantitative estimate of drug-likeness (QED) is 0.529. The molecule has 0 spiro atoms. The monoisotopic (exact) mass is 131 g/mol. The topological polar surface area (TPSA) is 17.3 Å². The van der Waals surface area contributed by atoms with E-state index in [2.05, 4.69) is 11.2 Å². The molecule has 10 heavy (non-hydrogen) atoms. The number of nitrogens with zero attached hydrogens (tertiary/aromatic N) is 2. The Kier molecular flexibility index (Phi) is 1.01. The molecule has 2 nitrogen and oxygen atoms in total. The van der Waals surface area contributed by atoms with Crippen LogP contribution in [0.3, 0.4) is 0 Å². The van der Waals surface area contributed by atoms with Gasteiger partial charge in [0.05, 0.1) is 11.7 Å². The van der Waals surface area contributed by atoms with Crippen LogP contribution < -0.4 is 0 Å². The van der Waals surface area contributed by atoms with E-state index in [4.69, 9.17) is 0 Å². The Morgan fingerprint density at radius 2 is 2.50 bits per heavy atom. The molecular weight excluding hydrogens is 124 g/mol. The van der Waals surface area contributed by atoms with E-state index in [1.165, 1.54) is 5.56 Å². The number of fused-ring (bicyclic) bond motifs is 1. The normalized spacial score (nSPS) is 10.5. The predicted octanol–water partition coefficient (Wildman–Crippen LogP) is 1.44. The lowest BCUT2D eigenvalue weighted by molar-refractivity contribution is 0.960. The zero-order valence-electron chi connectivity index (χ0n) is 5.70. The van der Waals surface area contributed by atoms with Crippen LogP contribution in [0.25, 0.3) is 5.52 Å². The number of aromatic nitrogens is 2. The Balaban J connectivity index is 2.93. The molecule has 2 aromatic heterocycles. The Bertz CT molecular complexity index is 349. The summed E-state index contributed by atoms with van der Waals surface area (Å²) >= 11 is 0. The lowest BCUT2D eigenvalue weighted by atomic mass is 10.3. The Morgan fingerprint density at radius 3 is 3.30 bits per heavy atom. The largest absolute Gasteiger partial charge is 0.240 e. The number of hydrogen-bond donors (Lipinski definition) is 0. The number of hydrogen-bond acceptors (Lipinski definition) is 1. The van der Waals surface area contributed by atoms with E-state index in [0.29, 0.717) is 0 Å². The molecule has 49 valence electrons. The van der Waals surface area contributed by atoms with Gasteiger partial charge in [0, 0.05) is 12.3 Å². The maximum absolute atomic E-state index is 4.10. The number of aryl methyl sites for hydroxylation is 1. The van der Waals surface area contributed by atoms with Crippen LogP contribution >= 0.6 is 0 Å². The third-order valence-electron chi connectivity index (χ3n) is 1.52. The fraction of sp³-hybridized carbons (Fsp3) is 0.125. The summed E-state index contributed by atoms with van der Waals surface area (Å²) in [7, 11) is 0. The van der Waals surface area contributed by atoms with Gasteiger partial charge in [-0.3, -0.25) is 0 Å². The van der Waals surface area contributed by atoms with E-state index < -0.39 is 0 Å². The molecular formula is C8H7N2. The fourth-order valence-corrected chi connectivity index (χ4v) is 0.993. The van der Waals surface area contributed by atoms with Crippen molar-refractivity contribution >= 4 is 5.52 Å². The van der Waals surface area contributed by atoms with Gasteiger partial charge in [0.25, 0.3) is 0 Å². The first kappa shape index (κ1) is 5.47. The molecule has 0 amide bonds. The van der Waals surface area contributed by atoms with Crippen LogP contribution in [0.5, 0.6) is 0 Å². The van der Waals surface area contributed by atoms with E-state index in [9.17, 15) is 0 Å². The first-order chi connectivity index (χ1) is 4.88. The van der Waals surface area contributed by atoms with Gasteiger partial charge in [-0.2, -0.15) is 5.10 Å². The highest BCUT2D eigenvalue weighted by Crippen LogP contribution is 2.05. The third kappa shape index (κ3) is 0.620. The molecule has 2 rings (SSSR count). The van der Waals surface area contributed by atoms with Crippen molar-refractivity contribution in [1.29, 1.82) is 0 Å². The average molecular weight is 131 g/mol. The molecule has 0 unspecified atom stereocenters. The van der Waals surface area contributed by atoms with Crippen molar-refractivity contribution in [3.8, 4) is 0 Å². The molecule has 0 aromatic carbocycles. The summed E-state index contributed by atoms with van der Waals surface area (Å²) in [5.41, 5.74) is 2.23. The van der Waals surface area contributed by atoms with Crippen LogP contribution in [0.15, 0.2) is 24.5 Å². The predicted molar refractivity (Wildman–Crippen MR) is 38.8 cm³/mol. The summed E-state index contributed by atoms with van der Waals surface area (Å²) in [5.74, 6) is 0. The zero-order valence-corrected chi connectivity index (χ0v) is 5.70. The minimum Gasteiger partial charge on any atom is -0.240 e. The summed E-state index contributed by atoms with van der Waals surface area (Å²) in [6, 6.07) is 6.91. The van der Waals surface area contributed by atoms with E-state index in [1.54, 1.807) is 0 Å². The van der Waals surface area contributed by atoms with E-state index in [1.807, 2.05) is 36.0 Å². The molecule has 0 N–H and O–H groups in total. The smallest absolute Gasteiger partial charge is 0.0769 e. The number of pyridine rings is 1. The maximum atomic E-state index is 4.10. The van der Waals surface area contributed by atoms with Crippen LogP contribution in [-0.2, 0) is 0 Å². The van der Waals surface area contributed by atoms with Gasteiger partial charge in [-0.25, -0.2) is 4.52 Å². The summed E-state index contributed by atoms with van der Waals surface area (Å²) in [4.78, 5) is 0. The highest BCUT2D eigenvalue weighted by atomic mass is 15.2. The van der Waals surface area contributed by atoms with E-state index in [-0.39, 0.29) is 0 Å². The molecule has 0 saturated heterocycles. The second kappa shape index (κ2) is 1.84. The second-order valence-electron chi connectivity index (χ2n) is 2.27. The minimum atomic E-state index is 1.06. The van der Waals surface area contributed by atoms with Gasteiger partial charge in [-0.1, -0.05) is 6.07 Å². The van der Waals surface area contributed by atoms with Gasteiger partial charge < -0.3 is 0 Å². The summed E-state index contributed by atoms with van der Waals surface area (Å²) in [6.07, 6.45) is 3.75. The van der Waals surface area contributed by atoms with Gasteiger partial charge in [-0.05, 0) is 18.6 Å². The van der Waals surface area contributed by atoms with Crippen molar-refractivity contribution in [2.45, 2.75) is 6.92 Å². The third-order valence-corrected chi connectivity index (χ3v) is 1.52. The fourth-order valence-electron chi connectivity index (χ4n) is 0.993. The molecule has 2 heterocycles. The molecule has 0 fully saturated rings. The van der Waals surface area contributed by atoms with Crippen LogP contribution in [0.1, 0.15) is 5.56 Å². The molecule has 0 aliphatic carbocycles. The van der Waals surface area contributed by atoms with Gasteiger partial charge in [-0.15, -0.1) is 0 Å². The van der Waals surface area contributed by atoms with Crippen LogP contribution in [0, 0.1) is 13.0 Å². The molecule has 1 radical (unpaired) electrons. The summed E-state index contributed by atoms with van der Waals surface area (Å²) in [5, 5.41) is 4.10. The van der Waals surface area contributed by atoms with Crippen molar-refractivity contribution in [2.75, 3.05) is 0 Å². The van der Waals surface area contributed by atoms with E-state index in [0.717, 1.165) is 5.52 Å². The van der Waals surface area contributed by atoms with E-state index >= 15 is 0 Å². The standard InChI is InChI=1S/C8H7N2/c1-7-6-9-10-5-3-2-4-8(7)10/h2-3,5-6H,1H3. The summed E-state index contributed by atoms with van der Waals surface area (Å²) < 4.78 is 1.81. The van der Waals surface area contributed by atoms with Gasteiger partial charge in [0.1, 0.15) is 0 Å². The van der Waals surface area contributed by atoms with Gasteiger partial charge >= 0.3 is 0 Å². The van der Waals surface area contributed by atoms with Crippen LogP contribution in [-0.4, -0.2) is 9.61 Å². The van der Waals surface area contributed by atoms with Gasteiger partial charge in [0.15, 0.2) is 0 Å². The number of rotatable bonds is 0.